The summed E-state index contributed by atoms with van der Waals surface area (Å²) in [6.07, 6.45) is 10.4. The molecular formula is C26H34N4O2. The number of hydrogen-bond acceptors (Lipinski definition) is 5. The predicted octanol–water partition coefficient (Wildman–Crippen LogP) is 5.08. The van der Waals surface area contributed by atoms with Crippen LogP contribution in [0.4, 0.5) is 10.5 Å². The molecule has 2 aliphatic heterocycles. The second-order valence-corrected chi connectivity index (χ2v) is 10.8. The summed E-state index contributed by atoms with van der Waals surface area (Å²) < 4.78 is 5.53. The van der Waals surface area contributed by atoms with Gasteiger partial charge in [-0.05, 0) is 82.3 Å². The number of amides is 1. The predicted molar refractivity (Wildman–Crippen MR) is 126 cm³/mol. The Morgan fingerprint density at radius 3 is 2.66 bits per heavy atom. The number of ether oxygens (including phenoxy) is 1. The van der Waals surface area contributed by atoms with Crippen LogP contribution in [0.3, 0.4) is 0 Å². The van der Waals surface area contributed by atoms with E-state index >= 15 is 0 Å². The van der Waals surface area contributed by atoms with E-state index in [4.69, 9.17) is 14.7 Å². The van der Waals surface area contributed by atoms with E-state index in [1.54, 1.807) is 0 Å². The lowest BCUT2D eigenvalue weighted by atomic mass is 9.56. The first-order valence-corrected chi connectivity index (χ1v) is 12.0. The van der Waals surface area contributed by atoms with Crippen LogP contribution in [0.25, 0.3) is 11.3 Å². The molecule has 1 aromatic heterocycles. The molecule has 5 rings (SSSR count). The van der Waals surface area contributed by atoms with Gasteiger partial charge in [0.2, 0.25) is 0 Å². The van der Waals surface area contributed by atoms with Gasteiger partial charge in [0.15, 0.2) is 0 Å². The van der Waals surface area contributed by atoms with Crippen molar-refractivity contribution in [2.45, 2.75) is 64.9 Å². The monoisotopic (exact) mass is 434 g/mol. The topological polar surface area (TPSA) is 67.3 Å². The first kappa shape index (κ1) is 21.2. The van der Waals surface area contributed by atoms with E-state index in [0.717, 1.165) is 56.7 Å². The number of rotatable bonds is 3. The number of nitrogens with one attached hydrogen (secondary N) is 1. The van der Waals surface area contributed by atoms with Gasteiger partial charge in [-0.15, -0.1) is 0 Å². The molecule has 0 unspecified atom stereocenters. The second-order valence-electron chi connectivity index (χ2n) is 10.8. The maximum absolute atomic E-state index is 12.3. The van der Waals surface area contributed by atoms with Crippen molar-refractivity contribution in [3.8, 4) is 11.3 Å². The van der Waals surface area contributed by atoms with Crippen LogP contribution in [0.15, 0.2) is 30.6 Å². The lowest BCUT2D eigenvalue weighted by molar-refractivity contribution is -0.0271. The number of carbonyl (C=O) groups excluding carboxylic acids is 1. The SMILES string of the molecule is CC(C)(C)OC(=O)N1CCC2(CC1)CC(Cc1cnc(-c3cccc4c3CCN4)cn1)C2. The fourth-order valence-corrected chi connectivity index (χ4v) is 5.69. The van der Waals surface area contributed by atoms with Crippen LogP contribution in [-0.2, 0) is 17.6 Å². The van der Waals surface area contributed by atoms with Gasteiger partial charge in [-0.3, -0.25) is 9.97 Å². The molecule has 3 heterocycles. The number of nitrogens with zero attached hydrogens (tertiary/aromatic N) is 3. The number of piperidine rings is 1. The average molecular weight is 435 g/mol. The lowest BCUT2D eigenvalue weighted by Crippen LogP contribution is -2.50. The van der Waals surface area contributed by atoms with E-state index < -0.39 is 5.60 Å². The quantitative estimate of drug-likeness (QED) is 0.730. The molecule has 6 heteroatoms. The Labute approximate surface area is 190 Å². The minimum atomic E-state index is -0.429. The van der Waals surface area contributed by atoms with E-state index in [1.165, 1.54) is 29.7 Å². The number of aromatic nitrogens is 2. The van der Waals surface area contributed by atoms with Crippen LogP contribution in [0.1, 0.15) is 57.7 Å². The van der Waals surface area contributed by atoms with Gasteiger partial charge < -0.3 is 15.0 Å². The molecule has 1 spiro atoms. The molecule has 3 aliphatic rings. The third kappa shape index (κ3) is 4.32. The Balaban J connectivity index is 1.13. The van der Waals surface area contributed by atoms with E-state index in [-0.39, 0.29) is 6.09 Å². The summed E-state index contributed by atoms with van der Waals surface area (Å²) in [5.74, 6) is 0.674. The van der Waals surface area contributed by atoms with Crippen molar-refractivity contribution in [3.05, 3.63) is 41.9 Å². The third-order valence-corrected chi connectivity index (χ3v) is 7.26. The molecule has 0 radical (unpaired) electrons. The minimum absolute atomic E-state index is 0.168. The van der Waals surface area contributed by atoms with Crippen molar-refractivity contribution in [1.29, 1.82) is 0 Å². The van der Waals surface area contributed by atoms with Crippen LogP contribution < -0.4 is 5.32 Å². The summed E-state index contributed by atoms with van der Waals surface area (Å²) in [5.41, 5.74) is 5.82. The summed E-state index contributed by atoms with van der Waals surface area (Å²) in [6.45, 7) is 8.39. The maximum Gasteiger partial charge on any atom is 0.410 e. The molecule has 32 heavy (non-hydrogen) atoms. The largest absolute Gasteiger partial charge is 0.444 e. The van der Waals surface area contributed by atoms with Gasteiger partial charge in [0.05, 0.1) is 17.6 Å². The van der Waals surface area contributed by atoms with Gasteiger partial charge >= 0.3 is 6.09 Å². The normalized spacial score (nSPS) is 19.9. The van der Waals surface area contributed by atoms with Crippen LogP contribution >= 0.6 is 0 Å². The fourth-order valence-electron chi connectivity index (χ4n) is 5.69. The number of likely N-dealkylation sites (tertiary alicyclic amines) is 1. The summed E-state index contributed by atoms with van der Waals surface area (Å²) in [4.78, 5) is 23.7. The third-order valence-electron chi connectivity index (χ3n) is 7.26. The van der Waals surface area contributed by atoms with Gasteiger partial charge in [0.25, 0.3) is 0 Å². The molecule has 2 fully saturated rings. The van der Waals surface area contributed by atoms with Crippen molar-refractivity contribution < 1.29 is 9.53 Å². The Morgan fingerprint density at radius 2 is 1.97 bits per heavy atom. The van der Waals surface area contributed by atoms with Crippen molar-refractivity contribution in [3.63, 3.8) is 0 Å². The highest BCUT2D eigenvalue weighted by atomic mass is 16.6. The van der Waals surface area contributed by atoms with Crippen LogP contribution in [-0.4, -0.2) is 46.2 Å². The first-order chi connectivity index (χ1) is 15.3. The summed E-state index contributed by atoms with van der Waals surface area (Å²) in [6, 6.07) is 6.37. The van der Waals surface area contributed by atoms with Gasteiger partial charge in [-0.1, -0.05) is 12.1 Å². The number of anilines is 1. The van der Waals surface area contributed by atoms with Crippen molar-refractivity contribution >= 4 is 11.8 Å². The Hall–Kier alpha value is -2.63. The highest BCUT2D eigenvalue weighted by Crippen LogP contribution is 2.53. The first-order valence-electron chi connectivity index (χ1n) is 12.0. The number of benzene rings is 1. The van der Waals surface area contributed by atoms with Crippen molar-refractivity contribution in [1.82, 2.24) is 14.9 Å². The standard InChI is InChI=1S/C26H34N4O2/c1-25(2,3)32-24(31)30-11-8-26(9-12-30)14-18(15-26)13-19-16-29-23(17-28-19)20-5-4-6-22-21(20)7-10-27-22/h4-6,16-18,27H,7-15H2,1-3H3. The summed E-state index contributed by atoms with van der Waals surface area (Å²) in [7, 11) is 0. The van der Waals surface area contributed by atoms with Crippen LogP contribution in [0.2, 0.25) is 0 Å². The molecule has 1 amide bonds. The van der Waals surface area contributed by atoms with Gasteiger partial charge in [-0.2, -0.15) is 0 Å². The van der Waals surface area contributed by atoms with E-state index in [1.807, 2.05) is 38.1 Å². The molecule has 1 aliphatic carbocycles. The Morgan fingerprint density at radius 1 is 1.19 bits per heavy atom. The van der Waals surface area contributed by atoms with Crippen molar-refractivity contribution in [2.75, 3.05) is 25.0 Å². The molecular weight excluding hydrogens is 400 g/mol. The smallest absolute Gasteiger partial charge is 0.410 e. The van der Waals surface area contributed by atoms with E-state index in [2.05, 4.69) is 23.5 Å². The fraction of sp³-hybridized carbons (Fsp3) is 0.577. The minimum Gasteiger partial charge on any atom is -0.444 e. The summed E-state index contributed by atoms with van der Waals surface area (Å²) >= 11 is 0. The molecule has 1 N–H and O–H groups in total. The lowest BCUT2D eigenvalue weighted by Gasteiger charge is -2.52. The zero-order chi connectivity index (χ0) is 22.3. The molecule has 1 saturated heterocycles. The molecule has 1 saturated carbocycles. The number of fused-ring (bicyclic) bond motifs is 1. The molecule has 1 aromatic carbocycles. The molecule has 0 bridgehead atoms. The maximum atomic E-state index is 12.3. The number of hydrogen-bond donors (Lipinski definition) is 1. The average Bonchev–Trinajstić information content (AvgIpc) is 3.21. The van der Waals surface area contributed by atoms with E-state index in [9.17, 15) is 4.79 Å². The molecule has 0 atom stereocenters. The van der Waals surface area contributed by atoms with Crippen LogP contribution in [0, 0.1) is 11.3 Å². The highest BCUT2D eigenvalue weighted by molar-refractivity contribution is 5.73. The molecule has 2 aromatic rings. The van der Waals surface area contributed by atoms with E-state index in [0.29, 0.717) is 11.3 Å². The van der Waals surface area contributed by atoms with Crippen molar-refractivity contribution in [2.24, 2.45) is 11.3 Å². The highest BCUT2D eigenvalue weighted by Gasteiger charge is 2.46. The number of carbonyl (C=O) groups is 1. The van der Waals surface area contributed by atoms with Gasteiger partial charge in [0, 0.05) is 37.1 Å². The molecule has 6 nitrogen and oxygen atoms in total. The van der Waals surface area contributed by atoms with Gasteiger partial charge in [-0.25, -0.2) is 4.79 Å². The van der Waals surface area contributed by atoms with Crippen LogP contribution in [0.5, 0.6) is 0 Å². The molecule has 170 valence electrons. The zero-order valence-corrected chi connectivity index (χ0v) is 19.5. The second kappa shape index (κ2) is 8.05. The Kier molecular flexibility index (Phi) is 5.34. The van der Waals surface area contributed by atoms with Gasteiger partial charge in [0.1, 0.15) is 5.60 Å². The zero-order valence-electron chi connectivity index (χ0n) is 19.5. The Bertz CT molecular complexity index is 980. The summed E-state index contributed by atoms with van der Waals surface area (Å²) in [5, 5.41) is 3.43.